The number of hydrogen-bond acceptors (Lipinski definition) is 4. The lowest BCUT2D eigenvalue weighted by atomic mass is 9.98. The van der Waals surface area contributed by atoms with Crippen LogP contribution in [-0.2, 0) is 6.54 Å². The van der Waals surface area contributed by atoms with E-state index in [4.69, 9.17) is 0 Å². The molecule has 0 fully saturated rings. The lowest BCUT2D eigenvalue weighted by Crippen LogP contribution is -2.22. The van der Waals surface area contributed by atoms with Crippen molar-refractivity contribution < 1.29 is 0 Å². The average Bonchev–Trinajstić information content (AvgIpc) is 2.87. The van der Waals surface area contributed by atoms with Crippen molar-refractivity contribution in [2.75, 3.05) is 18.9 Å². The molecule has 5 nitrogen and oxygen atoms in total. The maximum absolute atomic E-state index is 4.26. The largest absolute Gasteiger partial charge is 0.385 e. The van der Waals surface area contributed by atoms with Crippen molar-refractivity contribution in [3.05, 3.63) is 41.7 Å². The molecule has 18 heavy (non-hydrogen) atoms. The van der Waals surface area contributed by atoms with Gasteiger partial charge in [-0.15, -0.1) is 5.10 Å². The van der Waals surface area contributed by atoms with E-state index in [1.807, 2.05) is 17.9 Å². The van der Waals surface area contributed by atoms with Gasteiger partial charge < -0.3 is 10.6 Å². The number of para-hydroxylation sites is 1. The van der Waals surface area contributed by atoms with Crippen LogP contribution >= 0.6 is 0 Å². The summed E-state index contributed by atoms with van der Waals surface area (Å²) < 4.78 is 1.98. The summed E-state index contributed by atoms with van der Waals surface area (Å²) in [6.45, 7) is 1.73. The van der Waals surface area contributed by atoms with Gasteiger partial charge >= 0.3 is 0 Å². The topological polar surface area (TPSA) is 54.8 Å². The van der Waals surface area contributed by atoms with E-state index in [9.17, 15) is 0 Å². The van der Waals surface area contributed by atoms with Gasteiger partial charge in [0.2, 0.25) is 0 Å². The van der Waals surface area contributed by atoms with Crippen LogP contribution in [0.3, 0.4) is 0 Å². The molecule has 1 aliphatic rings. The first kappa shape index (κ1) is 11.2. The second kappa shape index (κ2) is 4.78. The van der Waals surface area contributed by atoms with Gasteiger partial charge in [-0.3, -0.25) is 0 Å². The summed E-state index contributed by atoms with van der Waals surface area (Å²) in [6, 6.07) is 8.70. The van der Waals surface area contributed by atoms with Gasteiger partial charge in [0.15, 0.2) is 0 Å². The molecular weight excluding hydrogens is 226 g/mol. The molecule has 0 saturated carbocycles. The number of nitrogens with one attached hydrogen (secondary N) is 2. The average molecular weight is 243 g/mol. The van der Waals surface area contributed by atoms with E-state index >= 15 is 0 Å². The zero-order valence-corrected chi connectivity index (χ0v) is 10.4. The molecule has 0 bridgehead atoms. The van der Waals surface area contributed by atoms with Gasteiger partial charge in [-0.2, -0.15) is 0 Å². The monoisotopic (exact) mass is 243 g/mol. The number of aromatic nitrogens is 3. The summed E-state index contributed by atoms with van der Waals surface area (Å²) in [5, 5.41) is 15.0. The second-order valence-electron chi connectivity index (χ2n) is 4.54. The number of benzene rings is 1. The molecule has 94 valence electrons. The molecule has 1 aromatic carbocycles. The van der Waals surface area contributed by atoms with Crippen LogP contribution in [0.4, 0.5) is 5.69 Å². The predicted molar refractivity (Wildman–Crippen MR) is 70.5 cm³/mol. The van der Waals surface area contributed by atoms with E-state index in [0.717, 1.165) is 25.2 Å². The molecule has 0 saturated heterocycles. The SMILES string of the molecule is CNCc1cn(C2CCNc3ccccc32)nn1. The summed E-state index contributed by atoms with van der Waals surface area (Å²) in [6.07, 6.45) is 3.07. The van der Waals surface area contributed by atoms with E-state index in [1.165, 1.54) is 11.3 Å². The first-order valence-electron chi connectivity index (χ1n) is 6.26. The highest BCUT2D eigenvalue weighted by atomic mass is 15.4. The van der Waals surface area contributed by atoms with Gasteiger partial charge in [-0.05, 0) is 25.1 Å². The fourth-order valence-corrected chi connectivity index (χ4v) is 2.45. The van der Waals surface area contributed by atoms with Crippen LogP contribution in [0.2, 0.25) is 0 Å². The third kappa shape index (κ3) is 1.97. The van der Waals surface area contributed by atoms with E-state index in [1.54, 1.807) is 0 Å². The minimum atomic E-state index is 0.292. The Balaban J connectivity index is 1.92. The van der Waals surface area contributed by atoms with Crippen LogP contribution in [0.5, 0.6) is 0 Å². The van der Waals surface area contributed by atoms with Crippen LogP contribution < -0.4 is 10.6 Å². The molecule has 0 aliphatic carbocycles. The van der Waals surface area contributed by atoms with E-state index in [0.29, 0.717) is 6.04 Å². The minimum Gasteiger partial charge on any atom is -0.385 e. The van der Waals surface area contributed by atoms with Crippen molar-refractivity contribution in [3.8, 4) is 0 Å². The van der Waals surface area contributed by atoms with Crippen LogP contribution in [0.15, 0.2) is 30.5 Å². The Kier molecular flexibility index (Phi) is 2.98. The van der Waals surface area contributed by atoms with Gasteiger partial charge in [0, 0.05) is 18.8 Å². The van der Waals surface area contributed by atoms with Crippen LogP contribution in [0.1, 0.15) is 23.7 Å². The molecule has 2 heterocycles. The summed E-state index contributed by atoms with van der Waals surface area (Å²) in [4.78, 5) is 0. The van der Waals surface area contributed by atoms with Crippen molar-refractivity contribution in [3.63, 3.8) is 0 Å². The van der Waals surface area contributed by atoms with Gasteiger partial charge in [0.1, 0.15) is 0 Å². The highest BCUT2D eigenvalue weighted by Gasteiger charge is 2.22. The molecule has 0 spiro atoms. The first-order chi connectivity index (χ1) is 8.88. The Morgan fingerprint density at radius 1 is 1.44 bits per heavy atom. The fourth-order valence-electron chi connectivity index (χ4n) is 2.45. The molecule has 0 radical (unpaired) electrons. The molecule has 1 aromatic heterocycles. The van der Waals surface area contributed by atoms with Crippen molar-refractivity contribution in [2.45, 2.75) is 19.0 Å². The molecule has 2 N–H and O–H groups in total. The Morgan fingerprint density at radius 2 is 2.33 bits per heavy atom. The van der Waals surface area contributed by atoms with E-state index in [2.05, 4.69) is 45.2 Å². The van der Waals surface area contributed by atoms with Crippen LogP contribution in [0.25, 0.3) is 0 Å². The van der Waals surface area contributed by atoms with Crippen LogP contribution in [-0.4, -0.2) is 28.6 Å². The first-order valence-corrected chi connectivity index (χ1v) is 6.26. The zero-order chi connectivity index (χ0) is 12.4. The standard InChI is InChI=1S/C13H17N5/c1-14-8-10-9-18(17-16-10)13-6-7-15-12-5-3-2-4-11(12)13/h2-5,9,13-15H,6-8H2,1H3. The molecule has 1 atom stereocenters. The number of nitrogens with zero attached hydrogens (tertiary/aromatic N) is 3. The maximum Gasteiger partial charge on any atom is 0.0965 e. The van der Waals surface area contributed by atoms with Gasteiger partial charge in [0.25, 0.3) is 0 Å². The minimum absolute atomic E-state index is 0.292. The Morgan fingerprint density at radius 3 is 3.22 bits per heavy atom. The normalized spacial score (nSPS) is 18.2. The molecule has 3 rings (SSSR count). The second-order valence-corrected chi connectivity index (χ2v) is 4.54. The van der Waals surface area contributed by atoms with E-state index in [-0.39, 0.29) is 0 Å². The third-order valence-electron chi connectivity index (χ3n) is 3.29. The van der Waals surface area contributed by atoms with Crippen LogP contribution in [0, 0.1) is 0 Å². The van der Waals surface area contributed by atoms with Crippen molar-refractivity contribution in [1.82, 2.24) is 20.3 Å². The van der Waals surface area contributed by atoms with Crippen molar-refractivity contribution >= 4 is 5.69 Å². The number of anilines is 1. The summed E-state index contributed by atoms with van der Waals surface area (Å²) in [7, 11) is 1.92. The highest BCUT2D eigenvalue weighted by Crippen LogP contribution is 2.31. The Hall–Kier alpha value is -1.88. The quantitative estimate of drug-likeness (QED) is 0.855. The smallest absolute Gasteiger partial charge is 0.0965 e. The van der Waals surface area contributed by atoms with Gasteiger partial charge in [-0.25, -0.2) is 4.68 Å². The molecular formula is C13H17N5. The fraction of sp³-hybridized carbons (Fsp3) is 0.385. The predicted octanol–water partition coefficient (Wildman–Crippen LogP) is 1.40. The molecule has 0 amide bonds. The summed E-state index contributed by atoms with van der Waals surface area (Å²) in [5.41, 5.74) is 3.48. The summed E-state index contributed by atoms with van der Waals surface area (Å²) >= 11 is 0. The zero-order valence-electron chi connectivity index (χ0n) is 10.4. The molecule has 2 aromatic rings. The van der Waals surface area contributed by atoms with Crippen molar-refractivity contribution in [1.29, 1.82) is 0 Å². The maximum atomic E-state index is 4.26. The molecule has 1 aliphatic heterocycles. The molecule has 1 unspecified atom stereocenters. The lowest BCUT2D eigenvalue weighted by molar-refractivity contribution is 0.477. The number of fused-ring (bicyclic) bond motifs is 1. The van der Waals surface area contributed by atoms with Crippen molar-refractivity contribution in [2.24, 2.45) is 0 Å². The third-order valence-corrected chi connectivity index (χ3v) is 3.29. The Labute approximate surface area is 106 Å². The number of rotatable bonds is 3. The molecule has 5 heteroatoms. The van der Waals surface area contributed by atoms with E-state index < -0.39 is 0 Å². The van der Waals surface area contributed by atoms with Gasteiger partial charge in [0.05, 0.1) is 17.9 Å². The lowest BCUT2D eigenvalue weighted by Gasteiger charge is -2.26. The Bertz CT molecular complexity index is 534. The van der Waals surface area contributed by atoms with Gasteiger partial charge in [-0.1, -0.05) is 23.4 Å². The number of hydrogen-bond donors (Lipinski definition) is 2. The highest BCUT2D eigenvalue weighted by molar-refractivity contribution is 5.54. The summed E-state index contributed by atoms with van der Waals surface area (Å²) in [5.74, 6) is 0.